The zero-order chi connectivity index (χ0) is 14.6. The molecule has 0 spiro atoms. The molecule has 0 saturated carbocycles. The van der Waals surface area contributed by atoms with E-state index in [0.29, 0.717) is 10.7 Å². The summed E-state index contributed by atoms with van der Waals surface area (Å²) in [6, 6.07) is 4.35. The zero-order valence-electron chi connectivity index (χ0n) is 9.91. The molecule has 104 valence electrons. The number of urea groups is 1. The molecule has 0 radical (unpaired) electrons. The fourth-order valence-corrected chi connectivity index (χ4v) is 1.73. The van der Waals surface area contributed by atoms with Gasteiger partial charge in [-0.3, -0.25) is 0 Å². The molecular weight excluding hydrogens is 386 g/mol. The van der Waals surface area contributed by atoms with Crippen LogP contribution in [0.3, 0.4) is 0 Å². The van der Waals surface area contributed by atoms with E-state index in [9.17, 15) is 14.7 Å². The maximum absolute atomic E-state index is 11.6. The molecule has 0 aliphatic rings. The van der Waals surface area contributed by atoms with Gasteiger partial charge in [-0.2, -0.15) is 0 Å². The summed E-state index contributed by atoms with van der Waals surface area (Å²) in [7, 11) is 0. The summed E-state index contributed by atoms with van der Waals surface area (Å²) in [6.07, 6.45) is 0. The van der Waals surface area contributed by atoms with Gasteiger partial charge in [0.2, 0.25) is 0 Å². The molecule has 0 bridgehead atoms. The number of carbonyl (C=O) groups is 2. The molecule has 0 aliphatic carbocycles. The van der Waals surface area contributed by atoms with E-state index < -0.39 is 24.1 Å². The van der Waals surface area contributed by atoms with Crippen molar-refractivity contribution in [2.24, 2.45) is 0 Å². The molecule has 4 N–H and O–H groups in total. The van der Waals surface area contributed by atoms with Crippen LogP contribution in [0.1, 0.15) is 6.92 Å². The Morgan fingerprint density at radius 2 is 2.11 bits per heavy atom. The average Bonchev–Trinajstić information content (AvgIpc) is 2.31. The number of halogens is 2. The van der Waals surface area contributed by atoms with Gasteiger partial charge in [0.15, 0.2) is 5.60 Å². The monoisotopic (exact) mass is 398 g/mol. The summed E-state index contributed by atoms with van der Waals surface area (Å²) >= 11 is 7.82. The van der Waals surface area contributed by atoms with Crippen LogP contribution < -0.4 is 10.6 Å². The smallest absolute Gasteiger partial charge is 0.337 e. The normalized spacial score (nSPS) is 13.5. The molecule has 0 fully saturated rings. The Bertz CT molecular complexity index is 507. The third-order valence-corrected chi connectivity index (χ3v) is 3.41. The van der Waals surface area contributed by atoms with Crippen molar-refractivity contribution in [1.82, 2.24) is 5.32 Å². The van der Waals surface area contributed by atoms with Crippen LogP contribution in [-0.2, 0) is 4.79 Å². The Morgan fingerprint density at radius 3 is 2.68 bits per heavy atom. The molecule has 0 heterocycles. The van der Waals surface area contributed by atoms with E-state index in [1.165, 1.54) is 0 Å². The number of nitrogens with one attached hydrogen (secondary N) is 2. The van der Waals surface area contributed by atoms with Crippen LogP contribution in [0.5, 0.6) is 0 Å². The van der Waals surface area contributed by atoms with E-state index >= 15 is 0 Å². The molecule has 1 atom stereocenters. The summed E-state index contributed by atoms with van der Waals surface area (Å²) in [5, 5.41) is 23.4. The summed E-state index contributed by atoms with van der Waals surface area (Å²) in [4.78, 5) is 22.2. The highest BCUT2D eigenvalue weighted by Gasteiger charge is 2.30. The van der Waals surface area contributed by atoms with Crippen LogP contribution in [0.4, 0.5) is 10.5 Å². The minimum atomic E-state index is -2.02. The fraction of sp³-hybridized carbons (Fsp3) is 0.273. The van der Waals surface area contributed by atoms with Crippen LogP contribution in [0.15, 0.2) is 18.2 Å². The van der Waals surface area contributed by atoms with Gasteiger partial charge in [-0.1, -0.05) is 11.6 Å². The topological polar surface area (TPSA) is 98.7 Å². The lowest BCUT2D eigenvalue weighted by atomic mass is 10.1. The molecule has 1 unspecified atom stereocenters. The molecule has 0 aliphatic heterocycles. The predicted octanol–water partition coefficient (Wildman–Crippen LogP) is 1.90. The quantitative estimate of drug-likeness (QED) is 0.582. The standard InChI is InChI=1S/C11H12ClIN2O4/c1-11(19,9(16)17)5-14-10(18)15-8-4-6(12)2-3-7(8)13/h2-4,19H,5H2,1H3,(H,16,17)(H2,14,15,18). The van der Waals surface area contributed by atoms with Crippen LogP contribution in [0.25, 0.3) is 0 Å². The number of carboxylic acids is 1. The summed E-state index contributed by atoms with van der Waals surface area (Å²) in [5.74, 6) is -1.41. The Kier molecular flexibility index (Phi) is 5.39. The van der Waals surface area contributed by atoms with Gasteiger partial charge in [0.25, 0.3) is 0 Å². The van der Waals surface area contributed by atoms with Gasteiger partial charge in [0, 0.05) is 8.59 Å². The van der Waals surface area contributed by atoms with Crippen molar-refractivity contribution >= 4 is 51.9 Å². The third kappa shape index (κ3) is 4.84. The lowest BCUT2D eigenvalue weighted by molar-refractivity contribution is -0.155. The van der Waals surface area contributed by atoms with Gasteiger partial charge in [-0.05, 0) is 47.7 Å². The van der Waals surface area contributed by atoms with Gasteiger partial charge >= 0.3 is 12.0 Å². The van der Waals surface area contributed by atoms with Gasteiger partial charge in [0.05, 0.1) is 12.2 Å². The third-order valence-electron chi connectivity index (χ3n) is 2.23. The van der Waals surface area contributed by atoms with Gasteiger partial charge in [-0.25, -0.2) is 9.59 Å². The summed E-state index contributed by atoms with van der Waals surface area (Å²) in [6.45, 7) is 0.685. The van der Waals surface area contributed by atoms with Gasteiger partial charge < -0.3 is 20.8 Å². The summed E-state index contributed by atoms with van der Waals surface area (Å²) in [5.41, 5.74) is -1.51. The second kappa shape index (κ2) is 6.40. The molecule has 6 nitrogen and oxygen atoms in total. The minimum absolute atomic E-state index is 0.411. The van der Waals surface area contributed by atoms with Crippen LogP contribution >= 0.6 is 34.2 Å². The van der Waals surface area contributed by atoms with Gasteiger partial charge in [0.1, 0.15) is 0 Å². The Hall–Kier alpha value is -1.06. The highest BCUT2D eigenvalue weighted by Crippen LogP contribution is 2.22. The van der Waals surface area contributed by atoms with Crippen molar-refractivity contribution in [3.8, 4) is 0 Å². The number of aliphatic carboxylic acids is 1. The molecule has 8 heteroatoms. The maximum Gasteiger partial charge on any atom is 0.337 e. The number of hydrogen-bond donors (Lipinski definition) is 4. The molecule has 1 rings (SSSR count). The van der Waals surface area contributed by atoms with Crippen molar-refractivity contribution in [2.75, 3.05) is 11.9 Å². The van der Waals surface area contributed by atoms with Gasteiger partial charge in [-0.15, -0.1) is 0 Å². The van der Waals surface area contributed by atoms with Crippen LogP contribution in [-0.4, -0.2) is 34.4 Å². The van der Waals surface area contributed by atoms with E-state index in [1.54, 1.807) is 18.2 Å². The molecule has 0 aromatic heterocycles. The second-order valence-corrected chi connectivity index (χ2v) is 5.61. The number of hydrogen-bond acceptors (Lipinski definition) is 3. The van der Waals surface area contributed by atoms with E-state index in [1.807, 2.05) is 22.6 Å². The second-order valence-electron chi connectivity index (χ2n) is 4.01. The highest BCUT2D eigenvalue weighted by molar-refractivity contribution is 14.1. The van der Waals surface area contributed by atoms with E-state index in [2.05, 4.69) is 10.6 Å². The van der Waals surface area contributed by atoms with Crippen molar-refractivity contribution in [2.45, 2.75) is 12.5 Å². The van der Waals surface area contributed by atoms with Crippen LogP contribution in [0, 0.1) is 3.57 Å². The number of rotatable bonds is 4. The largest absolute Gasteiger partial charge is 0.479 e. The number of aliphatic hydroxyl groups is 1. The first-order valence-electron chi connectivity index (χ1n) is 5.18. The number of amides is 2. The molecule has 0 saturated heterocycles. The lowest BCUT2D eigenvalue weighted by Crippen LogP contribution is -2.47. The SMILES string of the molecule is CC(O)(CNC(=O)Nc1cc(Cl)ccc1I)C(=O)O. The van der Waals surface area contributed by atoms with Crippen molar-refractivity contribution < 1.29 is 19.8 Å². The Morgan fingerprint density at radius 1 is 1.47 bits per heavy atom. The minimum Gasteiger partial charge on any atom is -0.479 e. The molecule has 1 aromatic rings. The van der Waals surface area contributed by atoms with E-state index in [-0.39, 0.29) is 0 Å². The average molecular weight is 399 g/mol. The number of anilines is 1. The lowest BCUT2D eigenvalue weighted by Gasteiger charge is -2.18. The highest BCUT2D eigenvalue weighted by atomic mass is 127. The first-order chi connectivity index (χ1) is 8.72. The predicted molar refractivity (Wildman–Crippen MR) is 79.5 cm³/mol. The fourth-order valence-electron chi connectivity index (χ4n) is 1.09. The number of carbonyl (C=O) groups excluding carboxylic acids is 1. The van der Waals surface area contributed by atoms with Crippen molar-refractivity contribution in [3.05, 3.63) is 26.8 Å². The number of benzene rings is 1. The molecular formula is C11H12ClIN2O4. The van der Waals surface area contributed by atoms with E-state index in [0.717, 1.165) is 10.5 Å². The first kappa shape index (κ1) is 16.0. The number of carboxylic acid groups (broad SMARTS) is 1. The zero-order valence-corrected chi connectivity index (χ0v) is 12.8. The Balaban J connectivity index is 2.61. The van der Waals surface area contributed by atoms with E-state index in [4.69, 9.17) is 16.7 Å². The summed E-state index contributed by atoms with van der Waals surface area (Å²) < 4.78 is 0.780. The maximum atomic E-state index is 11.6. The molecule has 1 aromatic carbocycles. The van der Waals surface area contributed by atoms with Crippen molar-refractivity contribution in [1.29, 1.82) is 0 Å². The van der Waals surface area contributed by atoms with Crippen LogP contribution in [0.2, 0.25) is 5.02 Å². The first-order valence-corrected chi connectivity index (χ1v) is 6.64. The molecule has 19 heavy (non-hydrogen) atoms. The van der Waals surface area contributed by atoms with Crippen molar-refractivity contribution in [3.63, 3.8) is 0 Å². The Labute approximate surface area is 128 Å². The molecule has 2 amide bonds.